The lowest BCUT2D eigenvalue weighted by Gasteiger charge is -2.32. The van der Waals surface area contributed by atoms with Gasteiger partial charge in [0.05, 0.1) is 37.6 Å². The Labute approximate surface area is 215 Å². The topological polar surface area (TPSA) is 142 Å². The summed E-state index contributed by atoms with van der Waals surface area (Å²) in [5, 5.41) is 20.4. The predicted octanol–water partition coefficient (Wildman–Crippen LogP) is 3.14. The monoisotopic (exact) mass is 572 g/mol. The summed E-state index contributed by atoms with van der Waals surface area (Å²) < 4.78 is 69.2. The van der Waals surface area contributed by atoms with E-state index in [9.17, 15) is 31.1 Å². The smallest absolute Gasteiger partial charge is 0.475 e. The largest absolute Gasteiger partial charge is 0.490 e. The van der Waals surface area contributed by atoms with Crippen molar-refractivity contribution in [3.63, 3.8) is 0 Å². The van der Waals surface area contributed by atoms with Gasteiger partial charge >= 0.3 is 24.3 Å². The van der Waals surface area contributed by atoms with Crippen molar-refractivity contribution in [2.75, 3.05) is 31.6 Å². The van der Waals surface area contributed by atoms with Crippen LogP contribution >= 0.6 is 11.3 Å². The summed E-state index contributed by atoms with van der Waals surface area (Å²) in [5.74, 6) is -4.82. The summed E-state index contributed by atoms with van der Waals surface area (Å²) in [6.45, 7) is 4.01. The van der Waals surface area contributed by atoms with Gasteiger partial charge in [0.25, 0.3) is 0 Å². The number of carbonyl (C=O) groups is 3. The number of anilines is 1. The zero-order valence-corrected chi connectivity index (χ0v) is 20.1. The molecule has 4 rings (SSSR count). The molecule has 0 bridgehead atoms. The van der Waals surface area contributed by atoms with Gasteiger partial charge in [0, 0.05) is 30.9 Å². The van der Waals surface area contributed by atoms with Crippen molar-refractivity contribution >= 4 is 34.9 Å². The number of alkyl halides is 6. The third-order valence-corrected chi connectivity index (χ3v) is 6.07. The molecule has 0 unspecified atom stereocenters. The third-order valence-electron chi connectivity index (χ3n) is 5.31. The molecule has 0 saturated carbocycles. The van der Waals surface area contributed by atoms with Crippen molar-refractivity contribution in [2.45, 2.75) is 18.9 Å². The number of halogens is 6. The number of nitrogens with one attached hydrogen (secondary N) is 1. The molecule has 1 amide bonds. The van der Waals surface area contributed by atoms with Crippen molar-refractivity contribution < 1.29 is 55.7 Å². The first-order chi connectivity index (χ1) is 17.7. The summed E-state index contributed by atoms with van der Waals surface area (Å²) >= 11 is 1.68. The van der Waals surface area contributed by atoms with Gasteiger partial charge < -0.3 is 20.3 Å². The standard InChI is InChI=1S/C17H20N4O2S.2C2HF3O2/c22-17(20-13-2-1-3-18-6-13)15-11-23-10-12-7-21(8-14(12)15)9-16-19-4-5-24-16;2*3-2(4,5)1(6)7/h1-6,12,14-15H,7-11H2,(H,20,22);2*(H,6,7)/t12-,14-,15-;;/m1../s1. The number of rotatable bonds is 4. The van der Waals surface area contributed by atoms with E-state index >= 15 is 0 Å². The molecule has 3 atom stereocenters. The van der Waals surface area contributed by atoms with Crippen molar-refractivity contribution in [1.82, 2.24) is 14.9 Å². The van der Waals surface area contributed by atoms with E-state index in [-0.39, 0.29) is 11.8 Å². The fraction of sp³-hybridized carbons (Fsp3) is 0.476. The van der Waals surface area contributed by atoms with Crippen LogP contribution in [0.3, 0.4) is 0 Å². The molecule has 17 heteroatoms. The lowest BCUT2D eigenvalue weighted by Crippen LogP contribution is -2.41. The van der Waals surface area contributed by atoms with Crippen molar-refractivity contribution in [3.05, 3.63) is 41.1 Å². The number of carbonyl (C=O) groups excluding carboxylic acids is 1. The number of carboxylic acid groups (broad SMARTS) is 2. The maximum absolute atomic E-state index is 12.7. The molecule has 210 valence electrons. The van der Waals surface area contributed by atoms with Gasteiger partial charge in [-0.1, -0.05) is 0 Å². The Kier molecular flexibility index (Phi) is 11.0. The lowest BCUT2D eigenvalue weighted by atomic mass is 9.82. The Bertz CT molecular complexity index is 1030. The van der Waals surface area contributed by atoms with Crippen LogP contribution in [0.2, 0.25) is 0 Å². The molecule has 0 aliphatic carbocycles. The maximum Gasteiger partial charge on any atom is 0.490 e. The number of hydrogen-bond donors (Lipinski definition) is 3. The Hall–Kier alpha value is -3.31. The van der Waals surface area contributed by atoms with Gasteiger partial charge in [0.2, 0.25) is 5.91 Å². The van der Waals surface area contributed by atoms with E-state index in [0.29, 0.717) is 18.4 Å². The zero-order chi connectivity index (χ0) is 28.5. The molecule has 2 fully saturated rings. The molecule has 0 aromatic carbocycles. The summed E-state index contributed by atoms with van der Waals surface area (Å²) in [6.07, 6.45) is -4.96. The number of aliphatic carboxylic acids is 2. The second-order valence-corrected chi connectivity index (χ2v) is 9.00. The van der Waals surface area contributed by atoms with Crippen LogP contribution in [0.4, 0.5) is 32.0 Å². The predicted molar refractivity (Wildman–Crippen MR) is 119 cm³/mol. The Morgan fingerprint density at radius 1 is 1.05 bits per heavy atom. The van der Waals surface area contributed by atoms with E-state index in [1.165, 1.54) is 0 Å². The molecular formula is C21H22F6N4O6S. The van der Waals surface area contributed by atoms with E-state index in [1.807, 2.05) is 23.7 Å². The Morgan fingerprint density at radius 2 is 1.68 bits per heavy atom. The molecule has 2 aromatic rings. The minimum absolute atomic E-state index is 0.0359. The Morgan fingerprint density at radius 3 is 2.18 bits per heavy atom. The van der Waals surface area contributed by atoms with E-state index < -0.39 is 24.3 Å². The summed E-state index contributed by atoms with van der Waals surface area (Å²) in [6, 6.07) is 3.68. The summed E-state index contributed by atoms with van der Waals surface area (Å²) in [7, 11) is 0. The molecule has 2 aromatic heterocycles. The van der Waals surface area contributed by atoms with Gasteiger partial charge in [-0.15, -0.1) is 11.3 Å². The minimum atomic E-state index is -5.08. The average molecular weight is 572 g/mol. The van der Waals surface area contributed by atoms with Gasteiger partial charge in [-0.2, -0.15) is 26.3 Å². The molecule has 4 heterocycles. The number of pyridine rings is 1. The van der Waals surface area contributed by atoms with Crippen LogP contribution in [-0.4, -0.2) is 81.6 Å². The number of amides is 1. The van der Waals surface area contributed by atoms with E-state index in [1.54, 1.807) is 23.7 Å². The number of ether oxygens (including phenoxy) is 1. The van der Waals surface area contributed by atoms with Gasteiger partial charge in [0.1, 0.15) is 5.01 Å². The highest BCUT2D eigenvalue weighted by molar-refractivity contribution is 7.09. The molecule has 0 radical (unpaired) electrons. The third kappa shape index (κ3) is 9.86. The molecule has 0 spiro atoms. The van der Waals surface area contributed by atoms with Crippen LogP contribution in [0.1, 0.15) is 5.01 Å². The molecule has 2 saturated heterocycles. The highest BCUT2D eigenvalue weighted by atomic mass is 32.1. The number of likely N-dealkylation sites (tertiary alicyclic amines) is 1. The number of nitrogens with zero attached hydrogens (tertiary/aromatic N) is 3. The quantitative estimate of drug-likeness (QED) is 0.471. The minimum Gasteiger partial charge on any atom is -0.475 e. The van der Waals surface area contributed by atoms with Crippen LogP contribution in [0, 0.1) is 17.8 Å². The SMILES string of the molecule is O=C(Nc1cccnc1)[C@@H]1COC[C@H]2CN(Cc3nccs3)C[C@H]21.O=C(O)C(F)(F)F.O=C(O)C(F)(F)F. The van der Waals surface area contributed by atoms with Crippen molar-refractivity contribution in [1.29, 1.82) is 0 Å². The first-order valence-electron chi connectivity index (χ1n) is 10.7. The van der Waals surface area contributed by atoms with E-state index in [4.69, 9.17) is 24.5 Å². The van der Waals surface area contributed by atoms with Crippen LogP contribution in [0.15, 0.2) is 36.1 Å². The van der Waals surface area contributed by atoms with Crippen LogP contribution in [0.5, 0.6) is 0 Å². The average Bonchev–Trinajstić information content (AvgIpc) is 3.48. The lowest BCUT2D eigenvalue weighted by molar-refractivity contribution is -0.193. The Balaban J connectivity index is 0.000000301. The fourth-order valence-corrected chi connectivity index (χ4v) is 4.34. The number of aromatic nitrogens is 2. The molecule has 3 N–H and O–H groups in total. The molecule has 2 aliphatic rings. The zero-order valence-electron chi connectivity index (χ0n) is 19.3. The number of fused-ring (bicyclic) bond motifs is 1. The van der Waals surface area contributed by atoms with Gasteiger partial charge in [0.15, 0.2) is 0 Å². The first kappa shape index (κ1) is 30.9. The van der Waals surface area contributed by atoms with Crippen LogP contribution in [0.25, 0.3) is 0 Å². The molecule has 38 heavy (non-hydrogen) atoms. The fourth-order valence-electron chi connectivity index (χ4n) is 3.68. The first-order valence-corrected chi connectivity index (χ1v) is 11.6. The number of carboxylic acids is 2. The highest BCUT2D eigenvalue weighted by Gasteiger charge is 2.44. The van der Waals surface area contributed by atoms with Gasteiger partial charge in [-0.05, 0) is 24.0 Å². The maximum atomic E-state index is 12.7. The summed E-state index contributed by atoms with van der Waals surface area (Å²) in [4.78, 5) is 41.3. The van der Waals surface area contributed by atoms with E-state index in [0.717, 1.165) is 36.9 Å². The molecular weight excluding hydrogens is 550 g/mol. The number of thiazole rings is 1. The highest BCUT2D eigenvalue weighted by Crippen LogP contribution is 2.35. The van der Waals surface area contributed by atoms with Crippen molar-refractivity contribution in [2.24, 2.45) is 17.8 Å². The van der Waals surface area contributed by atoms with Gasteiger partial charge in [-0.3, -0.25) is 14.7 Å². The van der Waals surface area contributed by atoms with Crippen molar-refractivity contribution in [3.8, 4) is 0 Å². The second-order valence-electron chi connectivity index (χ2n) is 8.02. The normalized spacial score (nSPS) is 21.2. The number of hydrogen-bond acceptors (Lipinski definition) is 8. The summed E-state index contributed by atoms with van der Waals surface area (Å²) in [5.41, 5.74) is 0.738. The molecule has 10 nitrogen and oxygen atoms in total. The van der Waals surface area contributed by atoms with Crippen LogP contribution in [-0.2, 0) is 25.7 Å². The van der Waals surface area contributed by atoms with Crippen LogP contribution < -0.4 is 5.32 Å². The van der Waals surface area contributed by atoms with Gasteiger partial charge in [-0.25, -0.2) is 14.6 Å². The second kappa shape index (κ2) is 13.5. The molecule has 2 aliphatic heterocycles. The van der Waals surface area contributed by atoms with E-state index in [2.05, 4.69) is 20.2 Å².